The van der Waals surface area contributed by atoms with Crippen LogP contribution in [0.1, 0.15) is 22.5 Å². The van der Waals surface area contributed by atoms with E-state index in [9.17, 15) is 14.7 Å². The van der Waals surface area contributed by atoms with E-state index in [0.29, 0.717) is 12.0 Å². The molecule has 0 saturated carbocycles. The maximum atomic E-state index is 11.3. The largest absolute Gasteiger partial charge is 0.550 e. The number of carboxylic acids is 1. The summed E-state index contributed by atoms with van der Waals surface area (Å²) in [6, 6.07) is 18.6. The van der Waals surface area contributed by atoms with Gasteiger partial charge in [-0.3, -0.25) is 4.79 Å². The molecule has 0 bridgehead atoms. The van der Waals surface area contributed by atoms with E-state index in [1.807, 2.05) is 41.0 Å². The Hall–Kier alpha value is -2.86. The molecule has 3 rings (SSSR count). The van der Waals surface area contributed by atoms with Gasteiger partial charge in [-0.05, 0) is 66.9 Å². The Morgan fingerprint density at radius 1 is 0.962 bits per heavy atom. The zero-order valence-electron chi connectivity index (χ0n) is 13.8. The third-order valence-electron chi connectivity index (χ3n) is 4.10. The Bertz CT molecular complexity index is 944. The number of carboxylic acid groups (broad SMARTS) is 1. The summed E-state index contributed by atoms with van der Waals surface area (Å²) in [5.41, 5.74) is 9.32. The van der Waals surface area contributed by atoms with Crippen molar-refractivity contribution in [2.75, 3.05) is 0 Å². The summed E-state index contributed by atoms with van der Waals surface area (Å²) < 4.78 is 2.96. The molecule has 0 atom stereocenters. The molecule has 132 valence electrons. The first-order valence-corrected chi connectivity index (χ1v) is 8.81. The molecule has 0 fully saturated rings. The van der Waals surface area contributed by atoms with Gasteiger partial charge < -0.3 is 20.2 Å². The van der Waals surface area contributed by atoms with E-state index in [0.717, 1.165) is 27.1 Å². The van der Waals surface area contributed by atoms with E-state index in [1.54, 1.807) is 24.3 Å². The zero-order chi connectivity index (χ0) is 18.7. The molecule has 5 nitrogen and oxygen atoms in total. The standard InChI is InChI=1S/C20H17BrN2O3/c21-15-5-1-13(2-6-15)18-11-9-17(10-12-19(24)25)23(18)16-7-3-14(4-8-16)20(22)26/h1-9,11H,10,12H2,(H2,22,26)(H,24,25)/p-1. The second-order valence-corrected chi connectivity index (χ2v) is 6.75. The number of primary amides is 1. The van der Waals surface area contributed by atoms with E-state index in [2.05, 4.69) is 15.9 Å². The molecule has 6 heteroatoms. The first-order valence-electron chi connectivity index (χ1n) is 8.02. The second-order valence-electron chi connectivity index (χ2n) is 5.84. The summed E-state index contributed by atoms with van der Waals surface area (Å²) in [6.07, 6.45) is 0.277. The Balaban J connectivity index is 2.09. The number of halogens is 1. The van der Waals surface area contributed by atoms with Gasteiger partial charge in [0.2, 0.25) is 5.91 Å². The molecule has 0 unspecified atom stereocenters. The van der Waals surface area contributed by atoms with Gasteiger partial charge in [-0.25, -0.2) is 0 Å². The van der Waals surface area contributed by atoms with Gasteiger partial charge in [0, 0.05) is 27.4 Å². The molecule has 0 aliphatic heterocycles. The van der Waals surface area contributed by atoms with Crippen molar-refractivity contribution in [2.24, 2.45) is 5.73 Å². The van der Waals surface area contributed by atoms with Crippen molar-refractivity contribution in [2.45, 2.75) is 12.8 Å². The molecular weight excluding hydrogens is 396 g/mol. The van der Waals surface area contributed by atoms with Crippen LogP contribution >= 0.6 is 15.9 Å². The van der Waals surface area contributed by atoms with Gasteiger partial charge in [0.05, 0.1) is 5.69 Å². The highest BCUT2D eigenvalue weighted by atomic mass is 79.9. The highest BCUT2D eigenvalue weighted by molar-refractivity contribution is 9.10. The van der Waals surface area contributed by atoms with E-state index in [4.69, 9.17) is 5.73 Å². The van der Waals surface area contributed by atoms with E-state index in [-0.39, 0.29) is 6.42 Å². The summed E-state index contributed by atoms with van der Waals surface area (Å²) in [7, 11) is 0. The minimum atomic E-state index is -1.09. The lowest BCUT2D eigenvalue weighted by atomic mass is 10.1. The first-order chi connectivity index (χ1) is 12.5. The van der Waals surface area contributed by atoms with Gasteiger partial charge in [-0.1, -0.05) is 28.1 Å². The predicted octanol–water partition coefficient (Wildman–Crippen LogP) is 2.69. The fraction of sp³-hybridized carbons (Fsp3) is 0.100. The number of benzene rings is 2. The van der Waals surface area contributed by atoms with E-state index in [1.165, 1.54) is 0 Å². The van der Waals surface area contributed by atoms with Crippen molar-refractivity contribution in [1.29, 1.82) is 0 Å². The van der Waals surface area contributed by atoms with E-state index >= 15 is 0 Å². The van der Waals surface area contributed by atoms with Crippen LogP contribution in [0, 0.1) is 0 Å². The van der Waals surface area contributed by atoms with Crippen LogP contribution < -0.4 is 10.8 Å². The number of aromatic nitrogens is 1. The molecule has 1 amide bonds. The van der Waals surface area contributed by atoms with Gasteiger partial charge in [-0.2, -0.15) is 0 Å². The van der Waals surface area contributed by atoms with Crippen molar-refractivity contribution >= 4 is 27.8 Å². The molecule has 26 heavy (non-hydrogen) atoms. The number of nitrogens with two attached hydrogens (primary N) is 1. The van der Waals surface area contributed by atoms with Gasteiger partial charge >= 0.3 is 0 Å². The first kappa shape index (κ1) is 17.9. The average molecular weight is 412 g/mol. The molecule has 1 heterocycles. The lowest BCUT2D eigenvalue weighted by molar-refractivity contribution is -0.305. The highest BCUT2D eigenvalue weighted by Gasteiger charge is 2.13. The summed E-state index contributed by atoms with van der Waals surface area (Å²) in [5, 5.41) is 10.9. The van der Waals surface area contributed by atoms with Crippen LogP contribution in [0.5, 0.6) is 0 Å². The molecule has 0 spiro atoms. The number of aryl methyl sites for hydroxylation is 1. The molecular formula is C20H16BrN2O3-. The molecule has 2 N–H and O–H groups in total. The Labute approximate surface area is 159 Å². The lowest BCUT2D eigenvalue weighted by Crippen LogP contribution is -2.22. The molecule has 1 aromatic heterocycles. The van der Waals surface area contributed by atoms with Crippen LogP contribution in [0.3, 0.4) is 0 Å². The van der Waals surface area contributed by atoms with Crippen LogP contribution in [0.2, 0.25) is 0 Å². The quantitative estimate of drug-likeness (QED) is 0.675. The summed E-state index contributed by atoms with van der Waals surface area (Å²) in [6.45, 7) is 0. The smallest absolute Gasteiger partial charge is 0.248 e. The Morgan fingerprint density at radius 2 is 1.62 bits per heavy atom. The number of aliphatic carboxylic acids is 1. The average Bonchev–Trinajstić information content (AvgIpc) is 3.04. The van der Waals surface area contributed by atoms with E-state index < -0.39 is 11.9 Å². The Morgan fingerprint density at radius 3 is 2.19 bits per heavy atom. The van der Waals surface area contributed by atoms with Gasteiger partial charge in [0.1, 0.15) is 0 Å². The minimum Gasteiger partial charge on any atom is -0.550 e. The molecule has 0 saturated heterocycles. The predicted molar refractivity (Wildman–Crippen MR) is 101 cm³/mol. The number of hydrogen-bond donors (Lipinski definition) is 1. The van der Waals surface area contributed by atoms with Crippen LogP contribution in [0.4, 0.5) is 0 Å². The van der Waals surface area contributed by atoms with Crippen molar-refractivity contribution in [3.8, 4) is 16.9 Å². The van der Waals surface area contributed by atoms with Crippen LogP contribution in [0.15, 0.2) is 65.1 Å². The van der Waals surface area contributed by atoms with Crippen molar-refractivity contribution in [1.82, 2.24) is 4.57 Å². The molecule has 3 aromatic rings. The topological polar surface area (TPSA) is 88.2 Å². The monoisotopic (exact) mass is 411 g/mol. The fourth-order valence-electron chi connectivity index (χ4n) is 2.83. The van der Waals surface area contributed by atoms with Crippen molar-refractivity contribution in [3.05, 3.63) is 76.4 Å². The minimum absolute atomic E-state index is 0.0663. The van der Waals surface area contributed by atoms with Crippen molar-refractivity contribution in [3.63, 3.8) is 0 Å². The number of carbonyl (C=O) groups excluding carboxylic acids is 2. The second kappa shape index (κ2) is 7.58. The molecule has 2 aromatic carbocycles. The molecule has 0 aliphatic rings. The van der Waals surface area contributed by atoms with Gasteiger partial charge in [0.15, 0.2) is 0 Å². The third kappa shape index (κ3) is 3.86. The van der Waals surface area contributed by atoms with Crippen LogP contribution in [0.25, 0.3) is 16.9 Å². The van der Waals surface area contributed by atoms with Gasteiger partial charge in [0.25, 0.3) is 0 Å². The number of hydrogen-bond acceptors (Lipinski definition) is 3. The van der Waals surface area contributed by atoms with Crippen molar-refractivity contribution < 1.29 is 14.7 Å². The maximum Gasteiger partial charge on any atom is 0.248 e. The highest BCUT2D eigenvalue weighted by Crippen LogP contribution is 2.28. The number of amides is 1. The normalized spacial score (nSPS) is 10.7. The van der Waals surface area contributed by atoms with Gasteiger partial charge in [-0.15, -0.1) is 0 Å². The molecule has 0 aliphatic carbocycles. The maximum absolute atomic E-state index is 11.3. The molecule has 0 radical (unpaired) electrons. The summed E-state index contributed by atoms with van der Waals surface area (Å²) in [4.78, 5) is 22.2. The van der Waals surface area contributed by atoms with Crippen LogP contribution in [-0.2, 0) is 11.2 Å². The van der Waals surface area contributed by atoms with Crippen LogP contribution in [-0.4, -0.2) is 16.4 Å². The third-order valence-corrected chi connectivity index (χ3v) is 4.63. The number of rotatable bonds is 6. The zero-order valence-corrected chi connectivity index (χ0v) is 15.4. The number of carbonyl (C=O) groups is 2. The number of nitrogens with zero attached hydrogens (tertiary/aromatic N) is 1. The summed E-state index contributed by atoms with van der Waals surface area (Å²) in [5.74, 6) is -1.58. The lowest BCUT2D eigenvalue weighted by Gasteiger charge is -2.15. The Kier molecular flexibility index (Phi) is 5.23. The summed E-state index contributed by atoms with van der Waals surface area (Å²) >= 11 is 3.43. The SMILES string of the molecule is NC(=O)c1ccc(-n2c(CCC(=O)[O-])ccc2-c2ccc(Br)cc2)cc1. The fourth-order valence-corrected chi connectivity index (χ4v) is 3.09.